The van der Waals surface area contributed by atoms with Crippen molar-refractivity contribution in [1.29, 1.82) is 0 Å². The summed E-state index contributed by atoms with van der Waals surface area (Å²) in [5.74, 6) is 0. The van der Waals surface area contributed by atoms with Gasteiger partial charge in [-0.25, -0.2) is 4.79 Å². The molecule has 1 amide bonds. The van der Waals surface area contributed by atoms with Crippen molar-refractivity contribution in [3.8, 4) is 0 Å². The van der Waals surface area contributed by atoms with E-state index in [0.29, 0.717) is 13.1 Å². The third kappa shape index (κ3) is 8.34. The molecule has 0 aromatic carbocycles. The van der Waals surface area contributed by atoms with E-state index in [-0.39, 0.29) is 16.9 Å². The van der Waals surface area contributed by atoms with Gasteiger partial charge in [0.25, 0.3) is 0 Å². The van der Waals surface area contributed by atoms with Gasteiger partial charge in [-0.3, -0.25) is 0 Å². The molecular formula is C14H30N2O2. The minimum absolute atomic E-state index is 0.102. The summed E-state index contributed by atoms with van der Waals surface area (Å²) in [6.07, 6.45) is 0.572. The molecule has 0 aliphatic rings. The molecule has 18 heavy (non-hydrogen) atoms. The molecule has 3 N–H and O–H groups in total. The molecule has 1 atom stereocenters. The Morgan fingerprint density at radius 1 is 1.11 bits per heavy atom. The Morgan fingerprint density at radius 3 is 1.94 bits per heavy atom. The van der Waals surface area contributed by atoms with E-state index in [1.54, 1.807) is 0 Å². The molecule has 0 radical (unpaired) electrons. The Labute approximate surface area is 112 Å². The number of carbonyl (C=O) groups is 1. The Morgan fingerprint density at radius 2 is 1.61 bits per heavy atom. The second-order valence-corrected chi connectivity index (χ2v) is 7.61. The van der Waals surface area contributed by atoms with Gasteiger partial charge in [-0.05, 0) is 44.6 Å². The average molecular weight is 258 g/mol. The molecule has 0 bridgehead atoms. The first kappa shape index (κ1) is 17.2. The summed E-state index contributed by atoms with van der Waals surface area (Å²) >= 11 is 0. The van der Waals surface area contributed by atoms with E-state index in [9.17, 15) is 4.79 Å². The number of hydrogen-bond acceptors (Lipinski definition) is 3. The van der Waals surface area contributed by atoms with Crippen molar-refractivity contribution in [2.24, 2.45) is 16.6 Å². The van der Waals surface area contributed by atoms with Crippen LogP contribution in [0.4, 0.5) is 4.79 Å². The van der Waals surface area contributed by atoms with Gasteiger partial charge in [0.05, 0.1) is 0 Å². The van der Waals surface area contributed by atoms with E-state index in [1.165, 1.54) is 0 Å². The molecule has 0 saturated heterocycles. The van der Waals surface area contributed by atoms with Crippen LogP contribution >= 0.6 is 0 Å². The van der Waals surface area contributed by atoms with E-state index < -0.39 is 5.60 Å². The van der Waals surface area contributed by atoms with Crippen LogP contribution < -0.4 is 11.1 Å². The quantitative estimate of drug-likeness (QED) is 0.815. The van der Waals surface area contributed by atoms with Crippen molar-refractivity contribution in [1.82, 2.24) is 5.32 Å². The molecule has 1 unspecified atom stereocenters. The zero-order chi connectivity index (χ0) is 14.6. The van der Waals surface area contributed by atoms with E-state index in [2.05, 4.69) is 33.0 Å². The van der Waals surface area contributed by atoms with Crippen LogP contribution in [0.15, 0.2) is 0 Å². The monoisotopic (exact) mass is 258 g/mol. The number of hydrogen-bond donors (Lipinski definition) is 2. The molecule has 0 aromatic heterocycles. The summed E-state index contributed by atoms with van der Waals surface area (Å²) in [6.45, 7) is 15.3. The lowest BCUT2D eigenvalue weighted by Gasteiger charge is -2.35. The van der Waals surface area contributed by atoms with Gasteiger partial charge in [-0.2, -0.15) is 0 Å². The molecular weight excluding hydrogens is 228 g/mol. The largest absolute Gasteiger partial charge is 0.444 e. The van der Waals surface area contributed by atoms with Crippen LogP contribution in [-0.2, 0) is 4.74 Å². The summed E-state index contributed by atoms with van der Waals surface area (Å²) in [7, 11) is 0. The summed E-state index contributed by atoms with van der Waals surface area (Å²) in [6, 6.07) is 0. The fourth-order valence-corrected chi connectivity index (χ4v) is 2.09. The molecule has 0 heterocycles. The molecule has 108 valence electrons. The summed E-state index contributed by atoms with van der Waals surface area (Å²) in [5.41, 5.74) is 5.45. The number of nitrogens with two attached hydrogens (primary N) is 1. The van der Waals surface area contributed by atoms with Crippen molar-refractivity contribution >= 4 is 6.09 Å². The Kier molecular flexibility index (Phi) is 5.66. The van der Waals surface area contributed by atoms with Crippen molar-refractivity contribution in [3.63, 3.8) is 0 Å². The molecule has 0 aromatic rings. The fourth-order valence-electron chi connectivity index (χ4n) is 2.09. The van der Waals surface area contributed by atoms with Crippen LogP contribution in [0.5, 0.6) is 0 Å². The minimum atomic E-state index is -0.465. The zero-order valence-electron chi connectivity index (χ0n) is 13.0. The SMILES string of the molecule is CC(C)(C)CC(C)(CN)CNC(=O)OC(C)(C)C. The second-order valence-electron chi connectivity index (χ2n) is 7.61. The molecule has 0 rings (SSSR count). The molecule has 4 heteroatoms. The molecule has 0 fully saturated rings. The maximum Gasteiger partial charge on any atom is 0.407 e. The van der Waals surface area contributed by atoms with E-state index >= 15 is 0 Å². The molecule has 0 spiro atoms. The highest BCUT2D eigenvalue weighted by atomic mass is 16.6. The first-order valence-electron chi connectivity index (χ1n) is 6.54. The van der Waals surface area contributed by atoms with Crippen molar-refractivity contribution in [2.75, 3.05) is 13.1 Å². The topological polar surface area (TPSA) is 64.3 Å². The summed E-state index contributed by atoms with van der Waals surface area (Å²) < 4.78 is 5.22. The van der Waals surface area contributed by atoms with E-state index in [1.807, 2.05) is 20.8 Å². The van der Waals surface area contributed by atoms with Crippen molar-refractivity contribution < 1.29 is 9.53 Å². The minimum Gasteiger partial charge on any atom is -0.444 e. The number of amides is 1. The molecule has 0 aliphatic heterocycles. The van der Waals surface area contributed by atoms with Gasteiger partial charge in [0.2, 0.25) is 0 Å². The third-order valence-corrected chi connectivity index (χ3v) is 2.51. The number of rotatable bonds is 4. The van der Waals surface area contributed by atoms with Crippen LogP contribution in [0.2, 0.25) is 0 Å². The first-order chi connectivity index (χ1) is 7.87. The predicted octanol–water partition coefficient (Wildman–Crippen LogP) is 2.91. The Bertz CT molecular complexity index is 276. The van der Waals surface area contributed by atoms with Gasteiger partial charge in [0, 0.05) is 6.54 Å². The number of ether oxygens (including phenoxy) is 1. The van der Waals surface area contributed by atoms with Crippen molar-refractivity contribution in [2.45, 2.75) is 60.5 Å². The number of alkyl carbamates (subject to hydrolysis) is 1. The van der Waals surface area contributed by atoms with Gasteiger partial charge >= 0.3 is 6.09 Å². The van der Waals surface area contributed by atoms with E-state index in [4.69, 9.17) is 10.5 Å². The van der Waals surface area contributed by atoms with Gasteiger partial charge in [0.1, 0.15) is 5.60 Å². The standard InChI is InChI=1S/C14H30N2O2/c1-12(2,3)8-14(7,9-15)10-16-11(17)18-13(4,5)6/h8-10,15H2,1-7H3,(H,16,17). The predicted molar refractivity (Wildman–Crippen MR) is 75.5 cm³/mol. The van der Waals surface area contributed by atoms with Crippen LogP contribution in [-0.4, -0.2) is 24.8 Å². The smallest absolute Gasteiger partial charge is 0.407 e. The van der Waals surface area contributed by atoms with Gasteiger partial charge in [-0.15, -0.1) is 0 Å². The van der Waals surface area contributed by atoms with E-state index in [0.717, 1.165) is 6.42 Å². The van der Waals surface area contributed by atoms with Crippen LogP contribution in [0.1, 0.15) is 54.9 Å². The maximum atomic E-state index is 11.6. The summed E-state index contributed by atoms with van der Waals surface area (Å²) in [4.78, 5) is 11.6. The average Bonchev–Trinajstić information content (AvgIpc) is 2.09. The highest BCUT2D eigenvalue weighted by Gasteiger charge is 2.29. The second kappa shape index (κ2) is 5.91. The number of nitrogens with one attached hydrogen (secondary N) is 1. The van der Waals surface area contributed by atoms with Gasteiger partial charge in [-0.1, -0.05) is 27.7 Å². The lowest BCUT2D eigenvalue weighted by Crippen LogP contribution is -2.44. The fraction of sp³-hybridized carbons (Fsp3) is 0.929. The van der Waals surface area contributed by atoms with Gasteiger partial charge < -0.3 is 15.8 Å². The van der Waals surface area contributed by atoms with Crippen LogP contribution in [0.3, 0.4) is 0 Å². The third-order valence-electron chi connectivity index (χ3n) is 2.51. The normalized spacial score (nSPS) is 16.0. The lowest BCUT2D eigenvalue weighted by molar-refractivity contribution is 0.0491. The highest BCUT2D eigenvalue weighted by molar-refractivity contribution is 5.67. The Balaban J connectivity index is 4.35. The first-order valence-corrected chi connectivity index (χ1v) is 6.54. The lowest BCUT2D eigenvalue weighted by atomic mass is 9.75. The maximum absolute atomic E-state index is 11.6. The van der Waals surface area contributed by atoms with Gasteiger partial charge in [0.15, 0.2) is 0 Å². The Hall–Kier alpha value is -0.770. The number of carbonyl (C=O) groups excluding carboxylic acids is 1. The molecule has 0 aliphatic carbocycles. The van der Waals surface area contributed by atoms with Crippen molar-refractivity contribution in [3.05, 3.63) is 0 Å². The highest BCUT2D eigenvalue weighted by Crippen LogP contribution is 2.32. The molecule has 4 nitrogen and oxygen atoms in total. The zero-order valence-corrected chi connectivity index (χ0v) is 13.0. The molecule has 0 saturated carbocycles. The van der Waals surface area contributed by atoms with Crippen LogP contribution in [0, 0.1) is 10.8 Å². The van der Waals surface area contributed by atoms with Crippen LogP contribution in [0.25, 0.3) is 0 Å². The summed E-state index contributed by atoms with van der Waals surface area (Å²) in [5, 5.41) is 2.81.